The van der Waals surface area contributed by atoms with Crippen molar-refractivity contribution in [3.63, 3.8) is 0 Å². The van der Waals surface area contributed by atoms with E-state index in [9.17, 15) is 22.8 Å². The first kappa shape index (κ1) is 22.2. The van der Waals surface area contributed by atoms with Crippen molar-refractivity contribution in [2.45, 2.75) is 38.5 Å². The van der Waals surface area contributed by atoms with Crippen LogP contribution in [0.1, 0.15) is 30.9 Å². The van der Waals surface area contributed by atoms with Gasteiger partial charge >= 0.3 is 12.2 Å². The minimum atomic E-state index is -4.47. The molecule has 1 heterocycles. The number of hydrogen-bond donors (Lipinski definition) is 2. The number of alkyl halides is 3. The lowest BCUT2D eigenvalue weighted by Crippen LogP contribution is -2.36. The number of amides is 3. The quantitative estimate of drug-likeness (QED) is 0.688. The molecule has 3 amide bonds. The zero-order chi connectivity index (χ0) is 22.9. The Morgan fingerprint density at radius 2 is 1.88 bits per heavy atom. The molecule has 4 rings (SSSR count). The summed E-state index contributed by atoms with van der Waals surface area (Å²) in [6.45, 7) is 3.09. The van der Waals surface area contributed by atoms with E-state index >= 15 is 0 Å². The van der Waals surface area contributed by atoms with Crippen molar-refractivity contribution < 1.29 is 22.8 Å². The van der Waals surface area contributed by atoms with Gasteiger partial charge in [0.2, 0.25) is 5.91 Å². The number of fused-ring (bicyclic) bond motifs is 1. The molecule has 2 aromatic carbocycles. The maximum Gasteiger partial charge on any atom is 0.416 e. The molecule has 0 unspecified atom stereocenters. The van der Waals surface area contributed by atoms with Gasteiger partial charge in [0.15, 0.2) is 0 Å². The van der Waals surface area contributed by atoms with Crippen LogP contribution in [0.3, 0.4) is 0 Å². The van der Waals surface area contributed by atoms with Crippen LogP contribution in [0.5, 0.6) is 0 Å². The second kappa shape index (κ2) is 8.84. The average Bonchev–Trinajstić information content (AvgIpc) is 3.20. The average molecular weight is 445 g/mol. The Morgan fingerprint density at radius 3 is 2.59 bits per heavy atom. The molecule has 2 aliphatic rings. The predicted octanol–water partition coefficient (Wildman–Crippen LogP) is 4.90. The molecular weight excluding hydrogens is 419 g/mol. The minimum absolute atomic E-state index is 0.0831. The SMILES string of the molecule is C[C@H]1C[C@@H]2[C@@H](CC(=O)N2Cc2ccccc2)[C@@H]1CNC(=O)Nc1cccc(C(F)(F)F)c1. The third kappa shape index (κ3) is 4.74. The Kier molecular flexibility index (Phi) is 6.13. The van der Waals surface area contributed by atoms with Crippen molar-refractivity contribution in [2.24, 2.45) is 17.8 Å². The van der Waals surface area contributed by atoms with Gasteiger partial charge in [0, 0.05) is 31.2 Å². The summed E-state index contributed by atoms with van der Waals surface area (Å²) in [7, 11) is 0. The van der Waals surface area contributed by atoms with E-state index in [2.05, 4.69) is 17.6 Å². The third-order valence-electron chi connectivity index (χ3n) is 6.66. The summed E-state index contributed by atoms with van der Waals surface area (Å²) in [5, 5.41) is 5.27. The van der Waals surface area contributed by atoms with Crippen molar-refractivity contribution in [3.05, 3.63) is 65.7 Å². The lowest BCUT2D eigenvalue weighted by atomic mass is 9.88. The number of nitrogens with one attached hydrogen (secondary N) is 2. The normalized spacial score (nSPS) is 25.0. The van der Waals surface area contributed by atoms with E-state index in [1.54, 1.807) is 0 Å². The van der Waals surface area contributed by atoms with E-state index in [1.165, 1.54) is 12.1 Å². The molecule has 0 bridgehead atoms. The number of anilines is 1. The first-order valence-electron chi connectivity index (χ1n) is 10.8. The number of hydrogen-bond acceptors (Lipinski definition) is 2. The van der Waals surface area contributed by atoms with E-state index in [0.717, 1.165) is 24.1 Å². The monoisotopic (exact) mass is 445 g/mol. The molecule has 4 atom stereocenters. The van der Waals surface area contributed by atoms with Crippen LogP contribution in [-0.2, 0) is 17.5 Å². The van der Waals surface area contributed by atoms with Crippen molar-refractivity contribution in [1.29, 1.82) is 0 Å². The summed E-state index contributed by atoms with van der Waals surface area (Å²) < 4.78 is 38.6. The van der Waals surface area contributed by atoms with Crippen LogP contribution in [0.15, 0.2) is 54.6 Å². The second-order valence-electron chi connectivity index (χ2n) is 8.73. The van der Waals surface area contributed by atoms with Crippen molar-refractivity contribution in [3.8, 4) is 0 Å². The van der Waals surface area contributed by atoms with Gasteiger partial charge in [-0.1, -0.05) is 43.3 Å². The lowest BCUT2D eigenvalue weighted by Gasteiger charge is -2.24. The van der Waals surface area contributed by atoms with E-state index in [-0.39, 0.29) is 29.5 Å². The maximum atomic E-state index is 12.9. The van der Waals surface area contributed by atoms with Gasteiger partial charge in [-0.05, 0) is 47.9 Å². The molecule has 0 spiro atoms. The van der Waals surface area contributed by atoms with E-state index in [0.29, 0.717) is 25.4 Å². The summed E-state index contributed by atoms with van der Waals surface area (Å²) in [6, 6.07) is 14.0. The minimum Gasteiger partial charge on any atom is -0.338 e. The zero-order valence-electron chi connectivity index (χ0n) is 17.7. The van der Waals surface area contributed by atoms with E-state index in [1.807, 2.05) is 35.2 Å². The predicted molar refractivity (Wildman–Crippen MR) is 115 cm³/mol. The van der Waals surface area contributed by atoms with Crippen molar-refractivity contribution in [2.75, 3.05) is 11.9 Å². The highest BCUT2D eigenvalue weighted by Crippen LogP contribution is 2.46. The van der Waals surface area contributed by atoms with Crippen LogP contribution in [0.2, 0.25) is 0 Å². The fourth-order valence-corrected chi connectivity index (χ4v) is 5.08. The van der Waals surface area contributed by atoms with Gasteiger partial charge in [-0.15, -0.1) is 0 Å². The number of halogens is 3. The van der Waals surface area contributed by atoms with Gasteiger partial charge < -0.3 is 15.5 Å². The van der Waals surface area contributed by atoms with E-state index in [4.69, 9.17) is 0 Å². The Bertz CT molecular complexity index is 980. The van der Waals surface area contributed by atoms with Crippen LogP contribution in [0.25, 0.3) is 0 Å². The highest BCUT2D eigenvalue weighted by molar-refractivity contribution is 5.89. The highest BCUT2D eigenvalue weighted by Gasteiger charge is 2.50. The molecule has 2 N–H and O–H groups in total. The Labute approximate surface area is 185 Å². The number of nitrogens with zero attached hydrogens (tertiary/aromatic N) is 1. The molecule has 1 saturated heterocycles. The van der Waals surface area contributed by atoms with E-state index < -0.39 is 17.8 Å². The molecule has 0 aromatic heterocycles. The van der Waals surface area contributed by atoms with Gasteiger partial charge in [-0.25, -0.2) is 4.79 Å². The van der Waals surface area contributed by atoms with Crippen LogP contribution < -0.4 is 10.6 Å². The molecule has 0 radical (unpaired) electrons. The molecular formula is C24H26F3N3O2. The standard InChI is InChI=1S/C24H26F3N3O2/c1-15-10-21-19(12-22(31)30(21)14-16-6-3-2-4-7-16)20(15)13-28-23(32)29-18-9-5-8-17(11-18)24(25,26)27/h2-9,11,15,19-21H,10,12-14H2,1H3,(H2,28,29,32)/t15-,19-,20+,21+/m0/s1. The van der Waals surface area contributed by atoms with Crippen molar-refractivity contribution >= 4 is 17.6 Å². The number of benzene rings is 2. The second-order valence-corrected chi connectivity index (χ2v) is 8.73. The number of rotatable bonds is 5. The number of carbonyl (C=O) groups excluding carboxylic acids is 2. The topological polar surface area (TPSA) is 61.4 Å². The highest BCUT2D eigenvalue weighted by atomic mass is 19.4. The van der Waals surface area contributed by atoms with Crippen LogP contribution in [0.4, 0.5) is 23.7 Å². The van der Waals surface area contributed by atoms with Gasteiger partial charge in [-0.2, -0.15) is 13.2 Å². The summed E-state index contributed by atoms with van der Waals surface area (Å²) in [5.74, 6) is 0.756. The molecule has 170 valence electrons. The molecule has 1 aliphatic heterocycles. The molecule has 32 heavy (non-hydrogen) atoms. The van der Waals surface area contributed by atoms with Crippen LogP contribution >= 0.6 is 0 Å². The summed E-state index contributed by atoms with van der Waals surface area (Å²) >= 11 is 0. The van der Waals surface area contributed by atoms with Crippen LogP contribution in [-0.4, -0.2) is 29.4 Å². The molecule has 8 heteroatoms. The number of likely N-dealkylation sites (tertiary alicyclic amines) is 1. The summed E-state index contributed by atoms with van der Waals surface area (Å²) in [5.41, 5.74) is 0.362. The summed E-state index contributed by atoms with van der Waals surface area (Å²) in [6.07, 6.45) is -3.13. The number of carbonyl (C=O) groups is 2. The number of urea groups is 1. The molecule has 5 nitrogen and oxygen atoms in total. The Morgan fingerprint density at radius 1 is 1.12 bits per heavy atom. The molecule has 2 fully saturated rings. The van der Waals surface area contributed by atoms with Gasteiger partial charge in [0.1, 0.15) is 0 Å². The maximum absolute atomic E-state index is 12.9. The van der Waals surface area contributed by atoms with Gasteiger partial charge in [0.05, 0.1) is 5.56 Å². The smallest absolute Gasteiger partial charge is 0.338 e. The first-order chi connectivity index (χ1) is 15.2. The fourth-order valence-electron chi connectivity index (χ4n) is 5.08. The molecule has 1 aliphatic carbocycles. The largest absolute Gasteiger partial charge is 0.416 e. The van der Waals surface area contributed by atoms with Crippen LogP contribution in [0, 0.1) is 17.8 Å². The Hall–Kier alpha value is -3.03. The molecule has 2 aromatic rings. The summed E-state index contributed by atoms with van der Waals surface area (Å²) in [4.78, 5) is 26.9. The van der Waals surface area contributed by atoms with Gasteiger partial charge in [0.25, 0.3) is 0 Å². The first-order valence-corrected chi connectivity index (χ1v) is 10.8. The van der Waals surface area contributed by atoms with Gasteiger partial charge in [-0.3, -0.25) is 4.79 Å². The van der Waals surface area contributed by atoms with Crippen molar-refractivity contribution in [1.82, 2.24) is 10.2 Å². The third-order valence-corrected chi connectivity index (χ3v) is 6.66. The lowest BCUT2D eigenvalue weighted by molar-refractivity contribution is -0.137. The Balaban J connectivity index is 1.35. The molecule has 1 saturated carbocycles. The zero-order valence-corrected chi connectivity index (χ0v) is 17.7. The fraction of sp³-hybridized carbons (Fsp3) is 0.417.